The summed E-state index contributed by atoms with van der Waals surface area (Å²) in [4.78, 5) is 2.24. The molecular formula is C26H50FN5O. The Morgan fingerprint density at radius 2 is 1.70 bits per heavy atom. The maximum atomic E-state index is 10.7. The van der Waals surface area contributed by atoms with Crippen LogP contribution < -0.4 is 11.6 Å². The third-order valence-corrected chi connectivity index (χ3v) is 5.82. The summed E-state index contributed by atoms with van der Waals surface area (Å²) < 4.78 is 16.0. The second-order valence-corrected chi connectivity index (χ2v) is 8.17. The van der Waals surface area contributed by atoms with E-state index in [4.69, 9.17) is 21.7 Å². The molecule has 0 aliphatic rings. The average Bonchev–Trinajstić information content (AvgIpc) is 2.87. The lowest BCUT2D eigenvalue weighted by Gasteiger charge is -2.22. The van der Waals surface area contributed by atoms with Crippen LogP contribution in [0.4, 0.5) is 4.39 Å². The normalized spacial score (nSPS) is 13.8. The highest BCUT2D eigenvalue weighted by molar-refractivity contribution is 6.29. The lowest BCUT2D eigenvalue weighted by Crippen LogP contribution is -2.30. The van der Waals surface area contributed by atoms with Crippen molar-refractivity contribution >= 4 is 11.9 Å². The van der Waals surface area contributed by atoms with Gasteiger partial charge in [0.15, 0.2) is 0 Å². The first kappa shape index (κ1) is 33.3. The van der Waals surface area contributed by atoms with Crippen LogP contribution in [0, 0.1) is 5.41 Å². The van der Waals surface area contributed by atoms with Crippen molar-refractivity contribution in [2.45, 2.75) is 84.8 Å². The number of alkyl halides is 1. The lowest BCUT2D eigenvalue weighted by molar-refractivity contribution is 0.119. The smallest absolute Gasteiger partial charge is 0.0891 e. The van der Waals surface area contributed by atoms with Crippen LogP contribution in [0.3, 0.4) is 0 Å². The second-order valence-electron chi connectivity index (χ2n) is 8.17. The van der Waals surface area contributed by atoms with Crippen LogP contribution >= 0.6 is 0 Å². The van der Waals surface area contributed by atoms with Gasteiger partial charge in [0, 0.05) is 32.3 Å². The fourth-order valence-electron chi connectivity index (χ4n) is 2.98. The summed E-state index contributed by atoms with van der Waals surface area (Å²) >= 11 is 0. The summed E-state index contributed by atoms with van der Waals surface area (Å²) in [6.45, 7) is 11.9. The van der Waals surface area contributed by atoms with Gasteiger partial charge in [0.25, 0.3) is 0 Å². The molecule has 0 saturated carbocycles. The van der Waals surface area contributed by atoms with Crippen LogP contribution in [0.15, 0.2) is 29.4 Å². The molecule has 0 aromatic heterocycles. The first-order valence-corrected chi connectivity index (χ1v) is 12.2. The van der Waals surface area contributed by atoms with Crippen LogP contribution in [-0.2, 0) is 4.74 Å². The van der Waals surface area contributed by atoms with E-state index in [0.29, 0.717) is 24.1 Å². The maximum absolute atomic E-state index is 10.7. The van der Waals surface area contributed by atoms with Crippen molar-refractivity contribution in [2.24, 2.45) is 16.7 Å². The van der Waals surface area contributed by atoms with E-state index in [9.17, 15) is 4.39 Å². The molecule has 0 heterocycles. The summed E-state index contributed by atoms with van der Waals surface area (Å²) in [6, 6.07) is 9.29. The molecule has 0 spiro atoms. The minimum atomic E-state index is -0.181. The Morgan fingerprint density at radius 1 is 1.15 bits per heavy atom. The van der Waals surface area contributed by atoms with Crippen LogP contribution in [0.2, 0.25) is 0 Å². The summed E-state index contributed by atoms with van der Waals surface area (Å²) in [5, 5.41) is 10.5. The molecule has 1 aromatic carbocycles. The second kappa shape index (κ2) is 22.0. The van der Waals surface area contributed by atoms with Crippen molar-refractivity contribution in [3.63, 3.8) is 0 Å². The molecule has 1 aromatic rings. The van der Waals surface area contributed by atoms with Crippen LogP contribution in [0.5, 0.6) is 0 Å². The molecule has 33 heavy (non-hydrogen) atoms. The first-order valence-electron chi connectivity index (χ1n) is 12.2. The van der Waals surface area contributed by atoms with Gasteiger partial charge in [-0.05, 0) is 70.2 Å². The van der Waals surface area contributed by atoms with E-state index >= 15 is 0 Å². The number of rotatable bonds is 13. The fraction of sp³-hybridized carbons (Fsp3) is 0.692. The van der Waals surface area contributed by atoms with E-state index < -0.39 is 0 Å². The Kier molecular flexibility index (Phi) is 22.2. The molecule has 0 bridgehead atoms. The summed E-state index contributed by atoms with van der Waals surface area (Å²) in [5.74, 6) is 5.69. The minimum Gasteiger partial charge on any atom is -0.377 e. The van der Waals surface area contributed by atoms with Crippen molar-refractivity contribution in [3.8, 4) is 0 Å². The number of ether oxygens (including phenoxy) is 1. The van der Waals surface area contributed by atoms with E-state index in [2.05, 4.69) is 69.0 Å². The number of halogens is 1. The number of methoxy groups -OCH3 is 1. The molecule has 0 amide bonds. The number of benzene rings is 1. The minimum absolute atomic E-state index is 0.170. The zero-order valence-electron chi connectivity index (χ0n) is 22.1. The number of hydrogen-bond donors (Lipinski definition) is 3. The van der Waals surface area contributed by atoms with E-state index in [1.165, 1.54) is 17.3 Å². The molecule has 6 nitrogen and oxygen atoms in total. The lowest BCUT2D eigenvalue weighted by atomic mass is 9.92. The summed E-state index contributed by atoms with van der Waals surface area (Å²) in [6.07, 6.45) is 6.14. The van der Waals surface area contributed by atoms with E-state index in [1.807, 2.05) is 0 Å². The van der Waals surface area contributed by atoms with Gasteiger partial charge in [-0.2, -0.15) is 5.10 Å². The number of nitrogens with one attached hydrogen (secondary N) is 1. The van der Waals surface area contributed by atoms with Crippen molar-refractivity contribution in [1.82, 2.24) is 4.90 Å². The Labute approximate surface area is 202 Å². The zero-order chi connectivity index (χ0) is 25.6. The molecule has 3 atom stereocenters. The van der Waals surface area contributed by atoms with Gasteiger partial charge in [-0.25, -0.2) is 0 Å². The number of nitrogens with zero attached hydrogens (tertiary/aromatic N) is 2. The van der Waals surface area contributed by atoms with Crippen molar-refractivity contribution in [1.29, 1.82) is 5.41 Å². The molecule has 0 saturated heterocycles. The van der Waals surface area contributed by atoms with Crippen LogP contribution in [-0.4, -0.2) is 56.8 Å². The van der Waals surface area contributed by atoms with Crippen molar-refractivity contribution < 1.29 is 9.13 Å². The standard InChI is InChI=1S/C14H23NO.C9H20N4.C3H7F/c1-4-12(9-10-15)14-7-5-13(6-8-14)11(2)16-3;1-4-8(2)13(3)6-5-9(7-10)12-11;1-2-3-4/h5-8,11-12H,4,9-10,15H2,1-3H3;7-8,10H,4-6,11H2,1-3H3;2-3H2,1H3/b;10-7?,12-9-;/t11-,12?;8-;/m01./s1. The molecule has 0 fully saturated rings. The first-order chi connectivity index (χ1) is 15.8. The van der Waals surface area contributed by atoms with Gasteiger partial charge in [-0.15, -0.1) is 0 Å². The van der Waals surface area contributed by atoms with Crippen molar-refractivity contribution in [3.05, 3.63) is 35.4 Å². The van der Waals surface area contributed by atoms with Gasteiger partial charge in [0.1, 0.15) is 0 Å². The highest BCUT2D eigenvalue weighted by atomic mass is 19.1. The largest absolute Gasteiger partial charge is 0.377 e. The maximum Gasteiger partial charge on any atom is 0.0891 e. The Bertz CT molecular complexity index is 607. The Hall–Kier alpha value is -1.83. The predicted octanol–water partition coefficient (Wildman–Crippen LogP) is 5.67. The third-order valence-electron chi connectivity index (χ3n) is 5.82. The topological polar surface area (TPSA) is 101 Å². The van der Waals surface area contributed by atoms with Gasteiger partial charge in [-0.1, -0.05) is 45.0 Å². The number of hydrogen-bond acceptors (Lipinski definition) is 6. The van der Waals surface area contributed by atoms with Crippen molar-refractivity contribution in [2.75, 3.05) is 33.9 Å². The van der Waals surface area contributed by atoms with Gasteiger partial charge in [0.05, 0.1) is 18.5 Å². The molecule has 0 aliphatic heterocycles. The zero-order valence-corrected chi connectivity index (χ0v) is 22.1. The quantitative estimate of drug-likeness (QED) is 0.197. The van der Waals surface area contributed by atoms with Gasteiger partial charge >= 0.3 is 0 Å². The van der Waals surface area contributed by atoms with Gasteiger partial charge in [-0.3, -0.25) is 4.39 Å². The monoisotopic (exact) mass is 467 g/mol. The highest BCUT2D eigenvalue weighted by Crippen LogP contribution is 2.25. The van der Waals surface area contributed by atoms with E-state index in [0.717, 1.165) is 38.8 Å². The number of nitrogens with two attached hydrogens (primary N) is 2. The SMILES string of the molecule is CCC(CCN)c1ccc([C@H](C)OC)cc1.CCCF.CC[C@@H](C)N(C)CC/C(C=N)=N/N. The number of hydrazone groups is 1. The molecule has 1 rings (SSSR count). The van der Waals surface area contributed by atoms with Gasteiger partial charge < -0.3 is 26.6 Å². The summed E-state index contributed by atoms with van der Waals surface area (Å²) in [5.41, 5.74) is 8.89. The predicted molar refractivity (Wildman–Crippen MR) is 142 cm³/mol. The Balaban J connectivity index is 0. The third kappa shape index (κ3) is 15.6. The Morgan fingerprint density at radius 3 is 2.06 bits per heavy atom. The van der Waals surface area contributed by atoms with E-state index in [-0.39, 0.29) is 12.8 Å². The van der Waals surface area contributed by atoms with Crippen LogP contribution in [0.1, 0.15) is 89.9 Å². The molecule has 0 radical (unpaired) electrons. The molecule has 0 aliphatic carbocycles. The van der Waals surface area contributed by atoms with E-state index in [1.54, 1.807) is 14.0 Å². The molecule has 192 valence electrons. The fourth-order valence-corrected chi connectivity index (χ4v) is 2.98. The molecule has 7 heteroatoms. The average molecular weight is 468 g/mol. The molecule has 1 unspecified atom stereocenters. The van der Waals surface area contributed by atoms with Gasteiger partial charge in [0.2, 0.25) is 0 Å². The highest BCUT2D eigenvalue weighted by Gasteiger charge is 2.09. The van der Waals surface area contributed by atoms with Crippen LogP contribution in [0.25, 0.3) is 0 Å². The molecule has 5 N–H and O–H groups in total. The summed E-state index contributed by atoms with van der Waals surface area (Å²) in [7, 11) is 3.81. The molecular weight excluding hydrogens is 417 g/mol.